The van der Waals surface area contributed by atoms with E-state index in [2.05, 4.69) is 14.9 Å². The van der Waals surface area contributed by atoms with E-state index >= 15 is 0 Å². The summed E-state index contributed by atoms with van der Waals surface area (Å²) in [5.74, 6) is 0.206. The maximum atomic E-state index is 11.3. The average Bonchev–Trinajstić information content (AvgIpc) is 2.34. The minimum Gasteiger partial charge on any atom is -0.257 e. The summed E-state index contributed by atoms with van der Waals surface area (Å²) in [5, 5.41) is 7.43. The number of aromatic nitrogens is 2. The van der Waals surface area contributed by atoms with Crippen LogP contribution in [0.2, 0.25) is 0 Å². The van der Waals surface area contributed by atoms with Crippen LogP contribution in [-0.2, 0) is 10.0 Å². The van der Waals surface area contributed by atoms with E-state index in [0.717, 1.165) is 11.3 Å². The fourth-order valence-electron chi connectivity index (χ4n) is 0.831. The van der Waals surface area contributed by atoms with E-state index in [1.165, 1.54) is 5.51 Å². The van der Waals surface area contributed by atoms with Crippen molar-refractivity contribution in [3.8, 4) is 0 Å². The second kappa shape index (κ2) is 4.01. The molecule has 0 aliphatic rings. The van der Waals surface area contributed by atoms with Crippen molar-refractivity contribution in [1.29, 1.82) is 0 Å². The molecule has 0 unspecified atom stereocenters. The summed E-state index contributed by atoms with van der Waals surface area (Å²) in [6, 6.07) is 0. The van der Waals surface area contributed by atoms with Gasteiger partial charge in [-0.3, -0.25) is 4.72 Å². The molecule has 7 heteroatoms. The molecule has 0 saturated heterocycles. The van der Waals surface area contributed by atoms with Crippen molar-refractivity contribution in [3.63, 3.8) is 0 Å². The van der Waals surface area contributed by atoms with Gasteiger partial charge < -0.3 is 0 Å². The lowest BCUT2D eigenvalue weighted by Crippen LogP contribution is -2.19. The number of anilines is 1. The van der Waals surface area contributed by atoms with Gasteiger partial charge >= 0.3 is 0 Å². The van der Waals surface area contributed by atoms with Gasteiger partial charge in [0.25, 0.3) is 0 Å². The Morgan fingerprint density at radius 1 is 1.62 bits per heavy atom. The zero-order valence-corrected chi connectivity index (χ0v) is 9.02. The number of sulfonamides is 1. The fraction of sp³-hybridized carbons (Fsp3) is 0.667. The van der Waals surface area contributed by atoms with E-state index in [4.69, 9.17) is 0 Å². The first-order chi connectivity index (χ1) is 5.99. The molecule has 1 aromatic heterocycles. The van der Waals surface area contributed by atoms with Crippen molar-refractivity contribution in [2.75, 3.05) is 10.5 Å². The standard InChI is InChI=1S/C6H11N3O2S2/c1-5(2)3-13(10,11)9-6-8-7-4-12-6/h4-5H,3H2,1-2H3,(H,8,9). The smallest absolute Gasteiger partial charge is 0.234 e. The molecule has 13 heavy (non-hydrogen) atoms. The highest BCUT2D eigenvalue weighted by Crippen LogP contribution is 2.11. The van der Waals surface area contributed by atoms with Gasteiger partial charge in [0.15, 0.2) is 0 Å². The third-order valence-corrected chi connectivity index (χ3v) is 3.50. The van der Waals surface area contributed by atoms with Gasteiger partial charge in [0, 0.05) is 0 Å². The molecule has 0 saturated carbocycles. The Balaban J connectivity index is 2.63. The predicted octanol–water partition coefficient (Wildman–Crippen LogP) is 0.936. The Morgan fingerprint density at radius 2 is 2.31 bits per heavy atom. The van der Waals surface area contributed by atoms with Crippen molar-refractivity contribution >= 4 is 26.5 Å². The first-order valence-electron chi connectivity index (χ1n) is 3.76. The van der Waals surface area contributed by atoms with Crippen molar-refractivity contribution in [1.82, 2.24) is 10.2 Å². The minimum atomic E-state index is -3.25. The lowest BCUT2D eigenvalue weighted by Gasteiger charge is -2.06. The fourth-order valence-corrected chi connectivity index (χ4v) is 2.96. The lowest BCUT2D eigenvalue weighted by molar-refractivity contribution is 0.587. The maximum absolute atomic E-state index is 11.3. The molecule has 0 atom stereocenters. The summed E-state index contributed by atoms with van der Waals surface area (Å²) in [4.78, 5) is 0. The SMILES string of the molecule is CC(C)CS(=O)(=O)Nc1nncs1. The van der Waals surface area contributed by atoms with E-state index in [1.54, 1.807) is 0 Å². The summed E-state index contributed by atoms with van der Waals surface area (Å²) < 4.78 is 25.0. The number of hydrogen-bond donors (Lipinski definition) is 1. The quantitative estimate of drug-likeness (QED) is 0.821. The minimum absolute atomic E-state index is 0.102. The highest BCUT2D eigenvalue weighted by atomic mass is 32.2. The summed E-state index contributed by atoms with van der Waals surface area (Å²) >= 11 is 1.16. The third kappa shape index (κ3) is 3.69. The summed E-state index contributed by atoms with van der Waals surface area (Å²) in [5.41, 5.74) is 1.48. The van der Waals surface area contributed by atoms with Crippen molar-refractivity contribution in [3.05, 3.63) is 5.51 Å². The monoisotopic (exact) mass is 221 g/mol. The second-order valence-corrected chi connectivity index (χ2v) is 5.62. The molecular weight excluding hydrogens is 210 g/mol. The molecule has 0 aliphatic carbocycles. The molecule has 74 valence electrons. The molecule has 0 amide bonds. The molecule has 0 radical (unpaired) electrons. The number of nitrogens with one attached hydrogen (secondary N) is 1. The molecule has 1 rings (SSSR count). The highest BCUT2D eigenvalue weighted by Gasteiger charge is 2.13. The zero-order chi connectivity index (χ0) is 9.90. The van der Waals surface area contributed by atoms with Crippen molar-refractivity contribution in [2.45, 2.75) is 13.8 Å². The van der Waals surface area contributed by atoms with Gasteiger partial charge in [-0.15, -0.1) is 10.2 Å². The number of hydrogen-bond acceptors (Lipinski definition) is 5. The van der Waals surface area contributed by atoms with Crippen LogP contribution in [0.3, 0.4) is 0 Å². The van der Waals surface area contributed by atoms with Crippen LogP contribution in [-0.4, -0.2) is 24.4 Å². The van der Waals surface area contributed by atoms with Crippen LogP contribution in [0, 0.1) is 5.92 Å². The van der Waals surface area contributed by atoms with E-state index in [0.29, 0.717) is 5.13 Å². The zero-order valence-electron chi connectivity index (χ0n) is 7.39. The van der Waals surface area contributed by atoms with Crippen LogP contribution in [0.15, 0.2) is 5.51 Å². The van der Waals surface area contributed by atoms with Crippen LogP contribution in [0.5, 0.6) is 0 Å². The topological polar surface area (TPSA) is 72.0 Å². The van der Waals surface area contributed by atoms with E-state index < -0.39 is 10.0 Å². The average molecular weight is 221 g/mol. The molecular formula is C6H11N3O2S2. The summed E-state index contributed by atoms with van der Waals surface area (Å²) in [6.45, 7) is 3.69. The van der Waals surface area contributed by atoms with Gasteiger partial charge in [-0.25, -0.2) is 8.42 Å². The summed E-state index contributed by atoms with van der Waals surface area (Å²) in [6.07, 6.45) is 0. The molecule has 0 aliphatic heterocycles. The maximum Gasteiger partial charge on any atom is 0.234 e. The second-order valence-electron chi connectivity index (χ2n) is 3.02. The van der Waals surface area contributed by atoms with Crippen LogP contribution in [0.1, 0.15) is 13.8 Å². The van der Waals surface area contributed by atoms with Crippen molar-refractivity contribution in [2.24, 2.45) is 5.92 Å². The Bertz CT molecular complexity index is 344. The third-order valence-electron chi connectivity index (χ3n) is 1.16. The van der Waals surface area contributed by atoms with Gasteiger partial charge in [0.2, 0.25) is 15.2 Å². The lowest BCUT2D eigenvalue weighted by atomic mass is 10.3. The summed E-state index contributed by atoms with van der Waals surface area (Å²) in [7, 11) is -3.25. The van der Waals surface area contributed by atoms with Crippen molar-refractivity contribution < 1.29 is 8.42 Å². The van der Waals surface area contributed by atoms with E-state index in [9.17, 15) is 8.42 Å². The van der Waals surface area contributed by atoms with Gasteiger partial charge in [0.1, 0.15) is 5.51 Å². The Kier molecular flexibility index (Phi) is 3.21. The molecule has 0 aromatic carbocycles. The highest BCUT2D eigenvalue weighted by molar-refractivity contribution is 7.92. The number of nitrogens with zero attached hydrogens (tertiary/aromatic N) is 2. The predicted molar refractivity (Wildman–Crippen MR) is 52.2 cm³/mol. The van der Waals surface area contributed by atoms with E-state index in [-0.39, 0.29) is 11.7 Å². The molecule has 1 N–H and O–H groups in total. The molecule has 1 aromatic rings. The van der Waals surface area contributed by atoms with Gasteiger partial charge in [-0.2, -0.15) is 0 Å². The Morgan fingerprint density at radius 3 is 2.77 bits per heavy atom. The van der Waals surface area contributed by atoms with Crippen LogP contribution in [0.25, 0.3) is 0 Å². The molecule has 0 fully saturated rings. The Labute approximate surface area is 81.2 Å². The van der Waals surface area contributed by atoms with Crippen LogP contribution >= 0.6 is 11.3 Å². The first kappa shape index (κ1) is 10.4. The van der Waals surface area contributed by atoms with Gasteiger partial charge in [0.05, 0.1) is 5.75 Å². The number of rotatable bonds is 4. The molecule has 5 nitrogen and oxygen atoms in total. The first-order valence-corrected chi connectivity index (χ1v) is 6.29. The normalized spacial score (nSPS) is 11.9. The van der Waals surface area contributed by atoms with Gasteiger partial charge in [-0.1, -0.05) is 25.2 Å². The molecule has 0 spiro atoms. The van der Waals surface area contributed by atoms with E-state index in [1.807, 2.05) is 13.8 Å². The van der Waals surface area contributed by atoms with Gasteiger partial charge in [-0.05, 0) is 5.92 Å². The van der Waals surface area contributed by atoms with Crippen LogP contribution < -0.4 is 4.72 Å². The molecule has 1 heterocycles. The molecule has 0 bridgehead atoms. The Hall–Kier alpha value is -0.690. The van der Waals surface area contributed by atoms with Crippen LogP contribution in [0.4, 0.5) is 5.13 Å². The largest absolute Gasteiger partial charge is 0.257 e.